The standard InChI is InChI=1S/C13H16ClN3O2/c1-19-13(18)12-5-2-4-11(17-12)10(8-15)9-16-7-3-6-14/h2,4-5,8-9H,3,6-7,15H2,1H3. The highest BCUT2D eigenvalue weighted by Gasteiger charge is 2.08. The highest BCUT2D eigenvalue weighted by molar-refractivity contribution is 6.17. The number of nitrogens with zero attached hydrogens (tertiary/aromatic N) is 2. The molecule has 0 saturated heterocycles. The van der Waals surface area contributed by atoms with Crippen molar-refractivity contribution in [3.63, 3.8) is 0 Å². The van der Waals surface area contributed by atoms with E-state index < -0.39 is 5.97 Å². The topological polar surface area (TPSA) is 77.6 Å². The van der Waals surface area contributed by atoms with Gasteiger partial charge in [0, 0.05) is 30.4 Å². The molecule has 0 unspecified atom stereocenters. The van der Waals surface area contributed by atoms with Crippen molar-refractivity contribution < 1.29 is 9.53 Å². The second-order valence-corrected chi connectivity index (χ2v) is 3.98. The van der Waals surface area contributed by atoms with Gasteiger partial charge in [0.05, 0.1) is 12.8 Å². The molecular weight excluding hydrogens is 266 g/mol. The molecule has 0 aliphatic carbocycles. The van der Waals surface area contributed by atoms with E-state index in [0.29, 0.717) is 23.7 Å². The number of allylic oxidation sites excluding steroid dienone is 1. The van der Waals surface area contributed by atoms with Gasteiger partial charge in [-0.25, -0.2) is 9.78 Å². The van der Waals surface area contributed by atoms with Crippen LogP contribution < -0.4 is 5.73 Å². The van der Waals surface area contributed by atoms with E-state index in [4.69, 9.17) is 17.3 Å². The van der Waals surface area contributed by atoms with Gasteiger partial charge in [-0.05, 0) is 18.6 Å². The Morgan fingerprint density at radius 2 is 2.26 bits per heavy atom. The number of carbonyl (C=O) groups is 1. The molecule has 0 fully saturated rings. The summed E-state index contributed by atoms with van der Waals surface area (Å²) in [5, 5.41) is 0. The molecule has 0 atom stereocenters. The van der Waals surface area contributed by atoms with E-state index in [2.05, 4.69) is 14.7 Å². The third-order valence-electron chi connectivity index (χ3n) is 2.27. The third-order valence-corrected chi connectivity index (χ3v) is 2.54. The van der Waals surface area contributed by atoms with Gasteiger partial charge in [0.2, 0.25) is 0 Å². The van der Waals surface area contributed by atoms with Crippen molar-refractivity contribution in [1.82, 2.24) is 4.98 Å². The minimum Gasteiger partial charge on any atom is -0.464 e. The van der Waals surface area contributed by atoms with Crippen molar-refractivity contribution in [2.45, 2.75) is 6.42 Å². The van der Waals surface area contributed by atoms with E-state index in [1.54, 1.807) is 24.4 Å². The second-order valence-electron chi connectivity index (χ2n) is 3.60. The van der Waals surface area contributed by atoms with Gasteiger partial charge in [0.1, 0.15) is 5.69 Å². The molecule has 2 N–H and O–H groups in total. The molecule has 1 aromatic rings. The zero-order chi connectivity index (χ0) is 14.1. The number of methoxy groups -OCH3 is 1. The van der Waals surface area contributed by atoms with Gasteiger partial charge in [-0.1, -0.05) is 6.07 Å². The molecule has 19 heavy (non-hydrogen) atoms. The number of alkyl halides is 1. The average Bonchev–Trinajstić information content (AvgIpc) is 2.46. The Morgan fingerprint density at radius 1 is 1.53 bits per heavy atom. The molecule has 0 bridgehead atoms. The van der Waals surface area contributed by atoms with Crippen LogP contribution in [-0.2, 0) is 4.74 Å². The lowest BCUT2D eigenvalue weighted by Gasteiger charge is -2.03. The smallest absolute Gasteiger partial charge is 0.356 e. The summed E-state index contributed by atoms with van der Waals surface area (Å²) in [5.74, 6) is 0.0760. The number of hydrogen-bond donors (Lipinski definition) is 1. The Bertz CT molecular complexity index is 487. The first kappa shape index (κ1) is 15.2. The number of aliphatic imine (C=N–C) groups is 1. The second kappa shape index (κ2) is 8.26. The molecule has 1 rings (SSSR count). The number of hydrogen-bond acceptors (Lipinski definition) is 5. The molecule has 6 heteroatoms. The van der Waals surface area contributed by atoms with Crippen molar-refractivity contribution in [3.8, 4) is 0 Å². The first-order valence-corrected chi connectivity index (χ1v) is 6.29. The lowest BCUT2D eigenvalue weighted by molar-refractivity contribution is 0.0594. The third kappa shape index (κ3) is 4.71. The highest BCUT2D eigenvalue weighted by Crippen LogP contribution is 2.10. The lowest BCUT2D eigenvalue weighted by Crippen LogP contribution is -2.06. The Labute approximate surface area is 117 Å². The van der Waals surface area contributed by atoms with Gasteiger partial charge in [-0.2, -0.15) is 0 Å². The van der Waals surface area contributed by atoms with Crippen LogP contribution in [-0.4, -0.2) is 36.7 Å². The summed E-state index contributed by atoms with van der Waals surface area (Å²) < 4.78 is 4.62. The first-order valence-electron chi connectivity index (χ1n) is 5.76. The van der Waals surface area contributed by atoms with Gasteiger partial charge >= 0.3 is 5.97 Å². The molecule has 0 spiro atoms. The predicted molar refractivity (Wildman–Crippen MR) is 76.4 cm³/mol. The van der Waals surface area contributed by atoms with Crippen LogP contribution in [0.3, 0.4) is 0 Å². The number of esters is 1. The molecule has 5 nitrogen and oxygen atoms in total. The van der Waals surface area contributed by atoms with Gasteiger partial charge in [0.15, 0.2) is 0 Å². The van der Waals surface area contributed by atoms with E-state index in [1.807, 2.05) is 0 Å². The molecule has 0 aliphatic heterocycles. The fourth-order valence-corrected chi connectivity index (χ4v) is 1.44. The Hall–Kier alpha value is -1.88. The van der Waals surface area contributed by atoms with Gasteiger partial charge in [-0.15, -0.1) is 11.6 Å². The maximum atomic E-state index is 11.4. The zero-order valence-corrected chi connectivity index (χ0v) is 11.4. The van der Waals surface area contributed by atoms with Crippen molar-refractivity contribution >= 4 is 29.4 Å². The zero-order valence-electron chi connectivity index (χ0n) is 10.7. The number of aromatic nitrogens is 1. The molecule has 0 aromatic carbocycles. The lowest BCUT2D eigenvalue weighted by atomic mass is 10.2. The molecular formula is C13H16ClN3O2. The minimum absolute atomic E-state index is 0.230. The first-order chi connectivity index (χ1) is 9.22. The number of carbonyl (C=O) groups excluding carboxylic acids is 1. The number of ether oxygens (including phenoxy) is 1. The minimum atomic E-state index is -0.489. The summed E-state index contributed by atoms with van der Waals surface area (Å²) in [7, 11) is 1.31. The molecule has 1 heterocycles. The monoisotopic (exact) mass is 281 g/mol. The van der Waals surface area contributed by atoms with E-state index in [1.165, 1.54) is 13.3 Å². The largest absolute Gasteiger partial charge is 0.464 e. The van der Waals surface area contributed by atoms with E-state index in [0.717, 1.165) is 6.42 Å². The maximum absolute atomic E-state index is 11.4. The van der Waals surface area contributed by atoms with Crippen molar-refractivity contribution in [2.75, 3.05) is 19.5 Å². The summed E-state index contributed by atoms with van der Waals surface area (Å²) in [6.45, 7) is 0.623. The van der Waals surface area contributed by atoms with E-state index >= 15 is 0 Å². The van der Waals surface area contributed by atoms with E-state index in [-0.39, 0.29) is 5.69 Å². The predicted octanol–water partition coefficient (Wildman–Crippen LogP) is 1.87. The number of halogens is 1. The Balaban J connectivity index is 2.87. The number of rotatable bonds is 6. The fourth-order valence-electron chi connectivity index (χ4n) is 1.32. The van der Waals surface area contributed by atoms with Gasteiger partial charge in [-0.3, -0.25) is 4.99 Å². The summed E-state index contributed by atoms with van der Waals surface area (Å²) in [5.41, 5.74) is 6.98. The van der Waals surface area contributed by atoms with Crippen LogP contribution in [0.5, 0.6) is 0 Å². The maximum Gasteiger partial charge on any atom is 0.356 e. The van der Waals surface area contributed by atoms with Crippen LogP contribution in [0.1, 0.15) is 22.6 Å². The van der Waals surface area contributed by atoms with Crippen molar-refractivity contribution in [1.29, 1.82) is 0 Å². The summed E-state index contributed by atoms with van der Waals surface area (Å²) in [6, 6.07) is 5.04. The van der Waals surface area contributed by atoms with Crippen LogP contribution in [0.15, 0.2) is 29.4 Å². The quantitative estimate of drug-likeness (QED) is 0.374. The molecule has 1 aromatic heterocycles. The van der Waals surface area contributed by atoms with Crippen molar-refractivity contribution in [3.05, 3.63) is 35.8 Å². The molecule has 0 saturated carbocycles. The Morgan fingerprint density at radius 3 is 2.89 bits per heavy atom. The van der Waals surface area contributed by atoms with Gasteiger partial charge < -0.3 is 10.5 Å². The molecule has 0 radical (unpaired) electrons. The van der Waals surface area contributed by atoms with Gasteiger partial charge in [0.25, 0.3) is 0 Å². The van der Waals surface area contributed by atoms with Crippen LogP contribution in [0, 0.1) is 0 Å². The fraction of sp³-hybridized carbons (Fsp3) is 0.308. The molecule has 0 aliphatic rings. The van der Waals surface area contributed by atoms with Crippen LogP contribution in [0.25, 0.3) is 5.57 Å². The average molecular weight is 282 g/mol. The van der Waals surface area contributed by atoms with Crippen LogP contribution in [0.2, 0.25) is 0 Å². The van der Waals surface area contributed by atoms with Crippen molar-refractivity contribution in [2.24, 2.45) is 10.7 Å². The molecule has 102 valence electrons. The summed E-state index contributed by atoms with van der Waals surface area (Å²) in [6.07, 6.45) is 3.81. The van der Waals surface area contributed by atoms with Crippen LogP contribution in [0.4, 0.5) is 0 Å². The van der Waals surface area contributed by atoms with E-state index in [9.17, 15) is 4.79 Å². The SMILES string of the molecule is COC(=O)c1cccc(C(C=NCCCCl)=CN)n1. The number of nitrogens with two attached hydrogens (primary N) is 1. The Kier molecular flexibility index (Phi) is 6.60. The molecule has 0 amide bonds. The number of pyridine rings is 1. The summed E-state index contributed by atoms with van der Waals surface area (Å²) in [4.78, 5) is 19.8. The normalized spacial score (nSPS) is 11.8. The summed E-state index contributed by atoms with van der Waals surface area (Å²) >= 11 is 5.56. The van der Waals surface area contributed by atoms with Crippen LogP contribution >= 0.6 is 11.6 Å². The highest BCUT2D eigenvalue weighted by atomic mass is 35.5.